The molecule has 0 spiro atoms. The first-order valence-corrected chi connectivity index (χ1v) is 11.6. The van der Waals surface area contributed by atoms with Gasteiger partial charge in [-0.3, -0.25) is 14.9 Å². The van der Waals surface area contributed by atoms with Crippen LogP contribution >= 0.6 is 0 Å². The summed E-state index contributed by atoms with van der Waals surface area (Å²) in [6.45, 7) is 4.22. The van der Waals surface area contributed by atoms with Crippen LogP contribution in [0, 0.1) is 10.1 Å². The molecule has 180 valence electrons. The molecule has 1 aromatic rings. The minimum Gasteiger partial charge on any atom is -0.378 e. The first-order chi connectivity index (χ1) is 15.9. The zero-order valence-corrected chi connectivity index (χ0v) is 18.8. The Hall–Kier alpha value is -2.92. The Bertz CT molecular complexity index is 874. The van der Waals surface area contributed by atoms with Crippen molar-refractivity contribution in [1.82, 2.24) is 15.1 Å². The lowest BCUT2D eigenvalue weighted by atomic mass is 9.91. The number of ether oxygens (including phenoxy) is 1. The van der Waals surface area contributed by atoms with Gasteiger partial charge in [0.1, 0.15) is 5.69 Å². The van der Waals surface area contributed by atoms with Gasteiger partial charge in [-0.2, -0.15) is 0 Å². The standard InChI is InChI=1S/C22H32N6O5/c23-17-2-4-18(5-3-17)24-21(29)16-1-6-19(20(15-16)28(31)32)25-7-9-26(10-8-25)22(30)27-11-13-33-14-12-27/h1,6,15,17-18H,2-5,7-14,23H2,(H,24,29). The number of hydrogen-bond acceptors (Lipinski definition) is 7. The van der Waals surface area contributed by atoms with E-state index < -0.39 is 4.92 Å². The number of benzene rings is 1. The van der Waals surface area contributed by atoms with E-state index in [1.54, 1.807) is 21.9 Å². The third-order valence-corrected chi connectivity index (χ3v) is 6.71. The Morgan fingerprint density at radius 2 is 1.64 bits per heavy atom. The Kier molecular flexibility index (Phi) is 7.29. The summed E-state index contributed by atoms with van der Waals surface area (Å²) in [6, 6.07) is 4.85. The van der Waals surface area contributed by atoms with Crippen LogP contribution in [0.5, 0.6) is 0 Å². The van der Waals surface area contributed by atoms with Crippen LogP contribution in [0.15, 0.2) is 18.2 Å². The highest BCUT2D eigenvalue weighted by Crippen LogP contribution is 2.30. The van der Waals surface area contributed by atoms with Crippen molar-refractivity contribution in [2.45, 2.75) is 37.8 Å². The summed E-state index contributed by atoms with van der Waals surface area (Å²) in [5.41, 5.74) is 6.58. The van der Waals surface area contributed by atoms with Gasteiger partial charge in [0.05, 0.1) is 18.1 Å². The second-order valence-corrected chi connectivity index (χ2v) is 8.90. The number of nitrogens with zero attached hydrogens (tertiary/aromatic N) is 4. The normalized spacial score (nSPS) is 23.8. The van der Waals surface area contributed by atoms with Crippen LogP contribution < -0.4 is 16.0 Å². The van der Waals surface area contributed by atoms with Gasteiger partial charge >= 0.3 is 6.03 Å². The first-order valence-electron chi connectivity index (χ1n) is 11.6. The molecule has 4 rings (SSSR count). The van der Waals surface area contributed by atoms with Crippen molar-refractivity contribution < 1.29 is 19.2 Å². The first kappa shape index (κ1) is 23.2. The van der Waals surface area contributed by atoms with Gasteiger partial charge < -0.3 is 30.5 Å². The maximum Gasteiger partial charge on any atom is 0.320 e. The number of nitrogens with two attached hydrogens (primary N) is 1. The molecular weight excluding hydrogens is 428 g/mol. The number of morpholine rings is 1. The van der Waals surface area contributed by atoms with Gasteiger partial charge in [-0.05, 0) is 37.8 Å². The molecule has 11 heteroatoms. The van der Waals surface area contributed by atoms with Crippen LogP contribution in [-0.4, -0.2) is 91.2 Å². The number of rotatable bonds is 4. The number of hydrogen-bond donors (Lipinski definition) is 2. The lowest BCUT2D eigenvalue weighted by Gasteiger charge is -2.39. The molecule has 0 unspecified atom stereocenters. The van der Waals surface area contributed by atoms with Gasteiger partial charge in [-0.15, -0.1) is 0 Å². The van der Waals surface area contributed by atoms with Crippen molar-refractivity contribution in [1.29, 1.82) is 0 Å². The molecule has 0 bridgehead atoms. The van der Waals surface area contributed by atoms with Gasteiger partial charge in [0.15, 0.2) is 0 Å². The van der Waals surface area contributed by atoms with Crippen LogP contribution in [0.4, 0.5) is 16.2 Å². The molecule has 3 aliphatic rings. The third kappa shape index (κ3) is 5.53. The molecular formula is C22H32N6O5. The maximum atomic E-state index is 12.7. The van der Waals surface area contributed by atoms with Gasteiger partial charge in [-0.1, -0.05) is 0 Å². The van der Waals surface area contributed by atoms with E-state index in [9.17, 15) is 19.7 Å². The molecule has 1 aromatic carbocycles. The number of nitrogens with one attached hydrogen (secondary N) is 1. The molecule has 3 fully saturated rings. The second-order valence-electron chi connectivity index (χ2n) is 8.90. The van der Waals surface area contributed by atoms with Crippen molar-refractivity contribution >= 4 is 23.3 Å². The number of amides is 3. The van der Waals surface area contributed by atoms with Crippen LogP contribution in [-0.2, 0) is 4.74 Å². The van der Waals surface area contributed by atoms with E-state index >= 15 is 0 Å². The van der Waals surface area contributed by atoms with E-state index in [1.165, 1.54) is 6.07 Å². The molecule has 2 heterocycles. The van der Waals surface area contributed by atoms with Crippen molar-refractivity contribution in [2.24, 2.45) is 5.73 Å². The Morgan fingerprint density at radius 1 is 1.00 bits per heavy atom. The fraction of sp³-hybridized carbons (Fsp3) is 0.636. The number of urea groups is 1. The average Bonchev–Trinajstić information content (AvgIpc) is 2.85. The second kappa shape index (κ2) is 10.3. The highest BCUT2D eigenvalue weighted by atomic mass is 16.6. The minimum absolute atomic E-state index is 0.0110. The van der Waals surface area contributed by atoms with E-state index in [2.05, 4.69) is 5.32 Å². The summed E-state index contributed by atoms with van der Waals surface area (Å²) in [5.74, 6) is -0.300. The molecule has 1 aliphatic carbocycles. The lowest BCUT2D eigenvalue weighted by Crippen LogP contribution is -2.54. The van der Waals surface area contributed by atoms with Crippen molar-refractivity contribution in [3.05, 3.63) is 33.9 Å². The highest BCUT2D eigenvalue weighted by Gasteiger charge is 2.30. The predicted molar refractivity (Wildman–Crippen MR) is 122 cm³/mol. The van der Waals surface area contributed by atoms with E-state index in [0.717, 1.165) is 25.7 Å². The summed E-state index contributed by atoms with van der Waals surface area (Å²) in [4.78, 5) is 42.2. The molecule has 2 saturated heterocycles. The van der Waals surface area contributed by atoms with E-state index in [-0.39, 0.29) is 35.3 Å². The monoisotopic (exact) mass is 460 g/mol. The summed E-state index contributed by atoms with van der Waals surface area (Å²) < 4.78 is 5.30. The summed E-state index contributed by atoms with van der Waals surface area (Å²) in [6.07, 6.45) is 3.37. The molecule has 2 aliphatic heterocycles. The van der Waals surface area contributed by atoms with Crippen molar-refractivity contribution in [3.8, 4) is 0 Å². The third-order valence-electron chi connectivity index (χ3n) is 6.71. The number of anilines is 1. The lowest BCUT2D eigenvalue weighted by molar-refractivity contribution is -0.384. The molecule has 11 nitrogen and oxygen atoms in total. The molecule has 33 heavy (non-hydrogen) atoms. The quantitative estimate of drug-likeness (QED) is 0.509. The van der Waals surface area contributed by atoms with Crippen LogP contribution in [0.25, 0.3) is 0 Å². The van der Waals surface area contributed by atoms with Gasteiger partial charge in [-0.25, -0.2) is 4.79 Å². The average molecular weight is 461 g/mol. The molecule has 3 amide bonds. The van der Waals surface area contributed by atoms with E-state index in [0.29, 0.717) is 58.2 Å². The Labute approximate surface area is 193 Å². The van der Waals surface area contributed by atoms with Crippen LogP contribution in [0.1, 0.15) is 36.0 Å². The highest BCUT2D eigenvalue weighted by molar-refractivity contribution is 5.96. The predicted octanol–water partition coefficient (Wildman–Crippen LogP) is 1.17. The zero-order valence-electron chi connectivity index (χ0n) is 18.8. The van der Waals surface area contributed by atoms with Crippen molar-refractivity contribution in [3.63, 3.8) is 0 Å². The van der Waals surface area contributed by atoms with Crippen molar-refractivity contribution in [2.75, 3.05) is 57.4 Å². The van der Waals surface area contributed by atoms with Gasteiger partial charge in [0, 0.05) is 63.0 Å². The maximum absolute atomic E-state index is 12.7. The number of nitro groups is 1. The van der Waals surface area contributed by atoms with Gasteiger partial charge in [0.25, 0.3) is 11.6 Å². The van der Waals surface area contributed by atoms with Crippen LogP contribution in [0.2, 0.25) is 0 Å². The Balaban J connectivity index is 1.39. The van der Waals surface area contributed by atoms with Gasteiger partial charge in [0.2, 0.25) is 0 Å². The molecule has 0 aromatic heterocycles. The van der Waals surface area contributed by atoms with E-state index in [1.807, 2.05) is 4.90 Å². The summed E-state index contributed by atoms with van der Waals surface area (Å²) in [7, 11) is 0. The molecule has 3 N–H and O–H groups in total. The summed E-state index contributed by atoms with van der Waals surface area (Å²) >= 11 is 0. The minimum atomic E-state index is -0.447. The fourth-order valence-electron chi connectivity index (χ4n) is 4.70. The molecule has 1 saturated carbocycles. The Morgan fingerprint density at radius 3 is 2.27 bits per heavy atom. The molecule has 0 atom stereocenters. The molecule has 0 radical (unpaired) electrons. The number of nitro benzene ring substituents is 1. The fourth-order valence-corrected chi connectivity index (χ4v) is 4.70. The summed E-state index contributed by atoms with van der Waals surface area (Å²) in [5, 5.41) is 14.8. The zero-order chi connectivity index (χ0) is 23.4. The number of piperazine rings is 1. The number of carbonyl (C=O) groups excluding carboxylic acids is 2. The van der Waals surface area contributed by atoms with Crippen LogP contribution in [0.3, 0.4) is 0 Å². The van der Waals surface area contributed by atoms with E-state index in [4.69, 9.17) is 10.5 Å². The largest absolute Gasteiger partial charge is 0.378 e. The SMILES string of the molecule is NC1CCC(NC(=O)c2ccc(N3CCN(C(=O)N4CCOCC4)CC3)c([N+](=O)[O-])c2)CC1. The number of carbonyl (C=O) groups is 2. The smallest absolute Gasteiger partial charge is 0.320 e. The topological polar surface area (TPSA) is 134 Å².